The maximum Gasteiger partial charge on any atom is 0.250 e. The van der Waals surface area contributed by atoms with Crippen LogP contribution in [0.1, 0.15) is 5.56 Å². The number of carbonyl (C=O) groups excluding carboxylic acids is 1. The molecule has 1 unspecified atom stereocenters. The normalized spacial score (nSPS) is 16.3. The lowest BCUT2D eigenvalue weighted by Crippen LogP contribution is -2.50. The maximum atomic E-state index is 12.6. The first-order chi connectivity index (χ1) is 14.7. The highest BCUT2D eigenvalue weighted by Gasteiger charge is 2.27. The molecular weight excluding hydrogens is 384 g/mol. The highest BCUT2D eigenvalue weighted by Crippen LogP contribution is 2.18. The van der Waals surface area contributed by atoms with Crippen LogP contribution in [0.2, 0.25) is 0 Å². The van der Waals surface area contributed by atoms with Crippen LogP contribution in [0.25, 0.3) is 11.6 Å². The summed E-state index contributed by atoms with van der Waals surface area (Å²) in [5, 5.41) is 2.97. The Bertz CT molecular complexity index is 961. The molecule has 9 heteroatoms. The van der Waals surface area contributed by atoms with Crippen LogP contribution in [0.3, 0.4) is 0 Å². The van der Waals surface area contributed by atoms with E-state index in [1.54, 1.807) is 25.7 Å². The summed E-state index contributed by atoms with van der Waals surface area (Å²) >= 11 is 0. The molecule has 1 aromatic carbocycles. The van der Waals surface area contributed by atoms with Crippen LogP contribution in [-0.2, 0) is 16.0 Å². The fourth-order valence-corrected chi connectivity index (χ4v) is 3.28. The third kappa shape index (κ3) is 4.74. The summed E-state index contributed by atoms with van der Waals surface area (Å²) in [6, 6.07) is 9.65. The number of anilines is 1. The number of aromatic nitrogens is 4. The summed E-state index contributed by atoms with van der Waals surface area (Å²) in [4.78, 5) is 30.6. The van der Waals surface area contributed by atoms with Crippen molar-refractivity contribution in [3.05, 3.63) is 54.5 Å². The molecule has 3 aromatic rings. The van der Waals surface area contributed by atoms with E-state index in [0.29, 0.717) is 37.9 Å². The Balaban J connectivity index is 1.32. The predicted octanol–water partition coefficient (Wildman–Crippen LogP) is 1.44. The Kier molecular flexibility index (Phi) is 6.19. The number of nitrogens with zero attached hydrogens (tertiary/aromatic N) is 4. The summed E-state index contributed by atoms with van der Waals surface area (Å²) in [6.45, 7) is 2.09. The number of nitrogens with one attached hydrogen (secondary N) is 2. The van der Waals surface area contributed by atoms with Gasteiger partial charge < -0.3 is 24.7 Å². The number of ether oxygens (including phenoxy) is 2. The fraction of sp³-hybridized carbons (Fsp3) is 0.333. The second kappa shape index (κ2) is 9.36. The van der Waals surface area contributed by atoms with E-state index in [-0.39, 0.29) is 5.91 Å². The minimum Gasteiger partial charge on any atom is -0.497 e. The van der Waals surface area contributed by atoms with Crippen LogP contribution in [0.15, 0.2) is 48.9 Å². The van der Waals surface area contributed by atoms with Crippen molar-refractivity contribution in [1.29, 1.82) is 0 Å². The molecule has 1 atom stereocenters. The van der Waals surface area contributed by atoms with E-state index in [9.17, 15) is 4.79 Å². The van der Waals surface area contributed by atoms with E-state index in [1.807, 2.05) is 35.2 Å². The second-order valence-electron chi connectivity index (χ2n) is 6.87. The summed E-state index contributed by atoms with van der Waals surface area (Å²) in [7, 11) is 1.64. The zero-order valence-corrected chi connectivity index (χ0v) is 16.7. The van der Waals surface area contributed by atoms with Gasteiger partial charge in [-0.25, -0.2) is 15.0 Å². The lowest BCUT2D eigenvalue weighted by atomic mass is 10.1. The average molecular weight is 408 g/mol. The SMILES string of the molecule is COc1ccc(CCNC(=O)C2CN(c3ccnc(-c4ncc[nH]4)n3)CCO2)cc1. The van der Waals surface area contributed by atoms with Crippen molar-refractivity contribution in [2.45, 2.75) is 12.5 Å². The number of imidazole rings is 1. The molecule has 1 aliphatic rings. The molecule has 156 valence electrons. The van der Waals surface area contributed by atoms with Crippen LogP contribution in [0.5, 0.6) is 5.75 Å². The maximum absolute atomic E-state index is 12.6. The molecule has 4 rings (SSSR count). The number of methoxy groups -OCH3 is 1. The molecule has 0 aliphatic carbocycles. The molecule has 2 N–H and O–H groups in total. The van der Waals surface area contributed by atoms with Gasteiger partial charge in [0, 0.05) is 31.7 Å². The van der Waals surface area contributed by atoms with Gasteiger partial charge in [0.05, 0.1) is 20.3 Å². The van der Waals surface area contributed by atoms with E-state index in [4.69, 9.17) is 9.47 Å². The number of morpholine rings is 1. The van der Waals surface area contributed by atoms with Crippen LogP contribution < -0.4 is 15.0 Å². The van der Waals surface area contributed by atoms with E-state index in [2.05, 4.69) is 25.3 Å². The van der Waals surface area contributed by atoms with Gasteiger partial charge in [0.15, 0.2) is 17.8 Å². The molecule has 0 spiro atoms. The standard InChI is InChI=1S/C21H24N6O3/c1-29-16-4-2-15(3-5-16)6-8-25-21(28)17-14-27(12-13-30-17)18-7-9-22-20(26-18)19-23-10-11-24-19/h2-5,7,9-11,17H,6,8,12-14H2,1H3,(H,23,24)(H,25,28). The minimum atomic E-state index is -0.545. The monoisotopic (exact) mass is 408 g/mol. The topological polar surface area (TPSA) is 105 Å². The van der Waals surface area contributed by atoms with Crippen molar-refractivity contribution in [3.63, 3.8) is 0 Å². The number of rotatable bonds is 7. The van der Waals surface area contributed by atoms with Crippen LogP contribution in [0, 0.1) is 0 Å². The number of hydrogen-bond acceptors (Lipinski definition) is 7. The number of H-pyrrole nitrogens is 1. The molecule has 3 heterocycles. The Labute approximate surface area is 174 Å². The Morgan fingerprint density at radius 3 is 2.90 bits per heavy atom. The van der Waals surface area contributed by atoms with Crippen molar-refractivity contribution < 1.29 is 14.3 Å². The summed E-state index contributed by atoms with van der Waals surface area (Å²) < 4.78 is 10.9. The Morgan fingerprint density at radius 2 is 2.13 bits per heavy atom. The number of aromatic amines is 1. The van der Waals surface area contributed by atoms with Gasteiger partial charge in [-0.3, -0.25) is 4.79 Å². The first-order valence-electron chi connectivity index (χ1n) is 9.83. The van der Waals surface area contributed by atoms with Gasteiger partial charge in [-0.2, -0.15) is 0 Å². The van der Waals surface area contributed by atoms with Gasteiger partial charge >= 0.3 is 0 Å². The van der Waals surface area contributed by atoms with Crippen molar-refractivity contribution >= 4 is 11.7 Å². The average Bonchev–Trinajstić information content (AvgIpc) is 3.35. The number of carbonyl (C=O) groups is 1. The summed E-state index contributed by atoms with van der Waals surface area (Å²) in [5.74, 6) is 2.57. The number of hydrogen-bond donors (Lipinski definition) is 2. The quantitative estimate of drug-likeness (QED) is 0.609. The molecule has 1 saturated heterocycles. The van der Waals surface area contributed by atoms with Crippen molar-refractivity contribution in [1.82, 2.24) is 25.3 Å². The van der Waals surface area contributed by atoms with Gasteiger partial charge in [-0.1, -0.05) is 12.1 Å². The smallest absolute Gasteiger partial charge is 0.250 e. The van der Waals surface area contributed by atoms with E-state index in [0.717, 1.165) is 23.6 Å². The Morgan fingerprint density at radius 1 is 1.27 bits per heavy atom. The molecule has 0 saturated carbocycles. The Hall–Kier alpha value is -3.46. The lowest BCUT2D eigenvalue weighted by molar-refractivity contribution is -0.133. The highest BCUT2D eigenvalue weighted by molar-refractivity contribution is 5.81. The van der Waals surface area contributed by atoms with E-state index in [1.165, 1.54) is 0 Å². The van der Waals surface area contributed by atoms with Gasteiger partial charge in [0.25, 0.3) is 5.91 Å². The van der Waals surface area contributed by atoms with Gasteiger partial charge in [0.2, 0.25) is 0 Å². The fourth-order valence-electron chi connectivity index (χ4n) is 3.28. The zero-order chi connectivity index (χ0) is 20.8. The van der Waals surface area contributed by atoms with Crippen molar-refractivity contribution in [2.75, 3.05) is 38.3 Å². The van der Waals surface area contributed by atoms with E-state index >= 15 is 0 Å². The lowest BCUT2D eigenvalue weighted by Gasteiger charge is -2.33. The molecule has 1 amide bonds. The molecule has 0 radical (unpaired) electrons. The summed E-state index contributed by atoms with van der Waals surface area (Å²) in [5.41, 5.74) is 1.13. The molecule has 1 aliphatic heterocycles. The van der Waals surface area contributed by atoms with Crippen LogP contribution in [-0.4, -0.2) is 65.3 Å². The van der Waals surface area contributed by atoms with Gasteiger partial charge in [0.1, 0.15) is 11.6 Å². The summed E-state index contributed by atoms with van der Waals surface area (Å²) in [6.07, 6.45) is 5.28. The van der Waals surface area contributed by atoms with Crippen molar-refractivity contribution in [3.8, 4) is 17.4 Å². The molecule has 9 nitrogen and oxygen atoms in total. The van der Waals surface area contributed by atoms with Gasteiger partial charge in [-0.05, 0) is 30.2 Å². The predicted molar refractivity (Wildman–Crippen MR) is 111 cm³/mol. The zero-order valence-electron chi connectivity index (χ0n) is 16.7. The molecular formula is C21H24N6O3. The number of benzene rings is 1. The third-order valence-corrected chi connectivity index (χ3v) is 4.91. The minimum absolute atomic E-state index is 0.117. The molecule has 1 fully saturated rings. The third-order valence-electron chi connectivity index (χ3n) is 4.91. The van der Waals surface area contributed by atoms with Crippen LogP contribution >= 0.6 is 0 Å². The highest BCUT2D eigenvalue weighted by atomic mass is 16.5. The number of amides is 1. The molecule has 30 heavy (non-hydrogen) atoms. The second-order valence-corrected chi connectivity index (χ2v) is 6.87. The molecule has 0 bridgehead atoms. The van der Waals surface area contributed by atoms with Gasteiger partial charge in [-0.15, -0.1) is 0 Å². The first kappa shape index (κ1) is 19.8. The van der Waals surface area contributed by atoms with Crippen molar-refractivity contribution in [2.24, 2.45) is 0 Å². The van der Waals surface area contributed by atoms with E-state index < -0.39 is 6.10 Å². The van der Waals surface area contributed by atoms with Crippen LogP contribution in [0.4, 0.5) is 5.82 Å². The first-order valence-corrected chi connectivity index (χ1v) is 9.83. The molecule has 2 aromatic heterocycles. The largest absolute Gasteiger partial charge is 0.497 e.